The number of furan rings is 1. The highest BCUT2D eigenvalue weighted by atomic mass is 16.3. The van der Waals surface area contributed by atoms with Gasteiger partial charge in [0.25, 0.3) is 0 Å². The molecule has 0 saturated carbocycles. The molecule has 3 nitrogen and oxygen atoms in total. The summed E-state index contributed by atoms with van der Waals surface area (Å²) in [7, 11) is 0. The highest BCUT2D eigenvalue weighted by molar-refractivity contribution is 5.94. The van der Waals surface area contributed by atoms with Gasteiger partial charge in [-0.25, -0.2) is 9.97 Å². The maximum Gasteiger partial charge on any atom is 0.134 e. The Balaban J connectivity index is 1.70. The Morgan fingerprint density at radius 2 is 1.59 bits per heavy atom. The van der Waals surface area contributed by atoms with Crippen molar-refractivity contribution in [3.8, 4) is 22.5 Å². The first-order valence-corrected chi connectivity index (χ1v) is 9.83. The van der Waals surface area contributed by atoms with E-state index in [0.29, 0.717) is 0 Å². The molecule has 0 aliphatic rings. The minimum Gasteiger partial charge on any atom is -0.464 e. The zero-order chi connectivity index (χ0) is 20.0. The molecule has 0 radical (unpaired) electrons. The van der Waals surface area contributed by atoms with Gasteiger partial charge in [0, 0.05) is 16.5 Å². The van der Waals surface area contributed by atoms with Crippen LogP contribution in [-0.4, -0.2) is 9.97 Å². The molecule has 5 rings (SSSR count). The number of aromatic nitrogens is 2. The van der Waals surface area contributed by atoms with Crippen LogP contribution < -0.4 is 0 Å². The Morgan fingerprint density at radius 3 is 2.45 bits per heavy atom. The molecular weight excluding hydrogens is 356 g/mol. The van der Waals surface area contributed by atoms with Gasteiger partial charge in [-0.2, -0.15) is 0 Å². The van der Waals surface area contributed by atoms with Crippen LogP contribution in [0.2, 0.25) is 0 Å². The van der Waals surface area contributed by atoms with Gasteiger partial charge in [-0.15, -0.1) is 0 Å². The van der Waals surface area contributed by atoms with E-state index in [0.717, 1.165) is 33.5 Å². The van der Waals surface area contributed by atoms with Crippen molar-refractivity contribution >= 4 is 21.7 Å². The Hall–Kier alpha value is -3.46. The molecule has 0 aliphatic carbocycles. The molecule has 0 unspecified atom stereocenters. The van der Waals surface area contributed by atoms with Gasteiger partial charge in [-0.3, -0.25) is 0 Å². The average Bonchev–Trinajstić information content (AvgIpc) is 3.21. The summed E-state index contributed by atoms with van der Waals surface area (Å²) in [6.45, 7) is 6.76. The van der Waals surface area contributed by atoms with Gasteiger partial charge in [-0.05, 0) is 52.1 Å². The lowest BCUT2D eigenvalue weighted by molar-refractivity contribution is 0.596. The maximum absolute atomic E-state index is 5.55. The molecule has 0 bridgehead atoms. The van der Waals surface area contributed by atoms with Crippen LogP contribution in [0.4, 0.5) is 0 Å². The van der Waals surface area contributed by atoms with Gasteiger partial charge in [0.05, 0.1) is 17.7 Å². The molecule has 29 heavy (non-hydrogen) atoms. The molecule has 0 amide bonds. The highest BCUT2D eigenvalue weighted by Gasteiger charge is 2.19. The second kappa shape index (κ2) is 6.56. The molecule has 0 aliphatic heterocycles. The lowest BCUT2D eigenvalue weighted by Crippen LogP contribution is -2.12. The highest BCUT2D eigenvalue weighted by Crippen LogP contribution is 2.35. The summed E-state index contributed by atoms with van der Waals surface area (Å²) in [4.78, 5) is 9.14. The second-order valence-electron chi connectivity index (χ2n) is 8.42. The molecule has 2 aromatic heterocycles. The Bertz CT molecular complexity index is 1340. The van der Waals surface area contributed by atoms with E-state index in [-0.39, 0.29) is 5.41 Å². The fourth-order valence-electron chi connectivity index (χ4n) is 3.96. The summed E-state index contributed by atoms with van der Waals surface area (Å²) in [5.41, 5.74) is 6.20. The van der Waals surface area contributed by atoms with Crippen LogP contribution in [0.25, 0.3) is 44.3 Å². The van der Waals surface area contributed by atoms with Crippen molar-refractivity contribution < 1.29 is 4.42 Å². The van der Waals surface area contributed by atoms with Crippen molar-refractivity contribution in [1.29, 1.82) is 0 Å². The molecule has 5 aromatic rings. The summed E-state index contributed by atoms with van der Waals surface area (Å²) < 4.78 is 5.55. The van der Waals surface area contributed by atoms with Crippen LogP contribution in [0.15, 0.2) is 83.7 Å². The standard InChI is InChI=1S/C26H22N2O/c1-26(2,3)22-14-18(13-17-7-4-5-8-19(17)22)23-15-24(28-16-27-23)20-9-6-10-25-21(20)11-12-29-25/h4-16H,1-3H3. The van der Waals surface area contributed by atoms with E-state index < -0.39 is 0 Å². The Kier molecular flexibility index (Phi) is 3.99. The molecule has 0 N–H and O–H groups in total. The van der Waals surface area contributed by atoms with Gasteiger partial charge in [-0.1, -0.05) is 57.2 Å². The van der Waals surface area contributed by atoms with Crippen LogP contribution >= 0.6 is 0 Å². The van der Waals surface area contributed by atoms with E-state index in [2.05, 4.69) is 79.3 Å². The minimum absolute atomic E-state index is 0.0356. The summed E-state index contributed by atoms with van der Waals surface area (Å²) in [6.07, 6.45) is 3.37. The first kappa shape index (κ1) is 17.6. The normalized spacial score (nSPS) is 12.0. The summed E-state index contributed by atoms with van der Waals surface area (Å²) in [5, 5.41) is 3.58. The number of hydrogen-bond donors (Lipinski definition) is 0. The molecule has 0 spiro atoms. The zero-order valence-electron chi connectivity index (χ0n) is 16.8. The van der Waals surface area contributed by atoms with Gasteiger partial charge in [0.15, 0.2) is 0 Å². The van der Waals surface area contributed by atoms with Crippen LogP contribution in [0.1, 0.15) is 26.3 Å². The van der Waals surface area contributed by atoms with Crippen molar-refractivity contribution in [1.82, 2.24) is 9.97 Å². The number of fused-ring (bicyclic) bond motifs is 2. The van der Waals surface area contributed by atoms with Gasteiger partial charge >= 0.3 is 0 Å². The van der Waals surface area contributed by atoms with Crippen LogP contribution in [0, 0.1) is 0 Å². The average molecular weight is 378 g/mol. The lowest BCUT2D eigenvalue weighted by Gasteiger charge is -2.22. The van der Waals surface area contributed by atoms with E-state index >= 15 is 0 Å². The third-order valence-electron chi connectivity index (χ3n) is 5.40. The first-order valence-electron chi connectivity index (χ1n) is 9.83. The van der Waals surface area contributed by atoms with Crippen molar-refractivity contribution in [2.24, 2.45) is 0 Å². The van der Waals surface area contributed by atoms with E-state index in [1.165, 1.54) is 16.3 Å². The lowest BCUT2D eigenvalue weighted by atomic mass is 9.82. The number of hydrogen-bond acceptors (Lipinski definition) is 3. The number of rotatable bonds is 2. The molecular formula is C26H22N2O. The molecule has 3 heteroatoms. The summed E-state index contributed by atoms with van der Waals surface area (Å²) >= 11 is 0. The van der Waals surface area contributed by atoms with E-state index in [1.807, 2.05) is 18.2 Å². The quantitative estimate of drug-likeness (QED) is 0.332. The Morgan fingerprint density at radius 1 is 0.759 bits per heavy atom. The van der Waals surface area contributed by atoms with E-state index in [4.69, 9.17) is 4.42 Å². The van der Waals surface area contributed by atoms with Crippen molar-refractivity contribution in [2.75, 3.05) is 0 Å². The van der Waals surface area contributed by atoms with E-state index in [9.17, 15) is 0 Å². The van der Waals surface area contributed by atoms with Crippen LogP contribution in [0.3, 0.4) is 0 Å². The van der Waals surface area contributed by atoms with Gasteiger partial charge in [0.1, 0.15) is 11.9 Å². The van der Waals surface area contributed by atoms with Crippen LogP contribution in [-0.2, 0) is 5.41 Å². The first-order chi connectivity index (χ1) is 14.0. The van der Waals surface area contributed by atoms with Crippen molar-refractivity contribution in [2.45, 2.75) is 26.2 Å². The Labute approximate surface area is 170 Å². The maximum atomic E-state index is 5.55. The monoisotopic (exact) mass is 378 g/mol. The minimum atomic E-state index is 0.0356. The molecule has 3 aromatic carbocycles. The summed E-state index contributed by atoms with van der Waals surface area (Å²) in [5.74, 6) is 0. The third kappa shape index (κ3) is 3.09. The molecule has 0 fully saturated rings. The summed E-state index contributed by atoms with van der Waals surface area (Å²) in [6, 6.07) is 23.1. The van der Waals surface area contributed by atoms with Crippen LogP contribution in [0.5, 0.6) is 0 Å². The van der Waals surface area contributed by atoms with Gasteiger partial charge < -0.3 is 4.42 Å². The largest absolute Gasteiger partial charge is 0.464 e. The zero-order valence-corrected chi connectivity index (χ0v) is 16.8. The molecule has 0 atom stereocenters. The SMILES string of the molecule is CC(C)(C)c1cc(-c2cc(-c3cccc4occc34)ncn2)cc2ccccc12. The second-order valence-corrected chi connectivity index (χ2v) is 8.42. The fourth-order valence-corrected chi connectivity index (χ4v) is 3.96. The predicted octanol–water partition coefficient (Wildman–Crippen LogP) is 7.01. The predicted molar refractivity (Wildman–Crippen MR) is 119 cm³/mol. The molecule has 142 valence electrons. The number of benzene rings is 3. The topological polar surface area (TPSA) is 38.9 Å². The number of nitrogens with zero attached hydrogens (tertiary/aromatic N) is 2. The fraction of sp³-hybridized carbons (Fsp3) is 0.154. The van der Waals surface area contributed by atoms with Crippen molar-refractivity contribution in [3.05, 3.63) is 84.9 Å². The molecule has 0 saturated heterocycles. The van der Waals surface area contributed by atoms with E-state index in [1.54, 1.807) is 12.6 Å². The van der Waals surface area contributed by atoms with Gasteiger partial charge in [0.2, 0.25) is 0 Å². The molecule has 2 heterocycles. The van der Waals surface area contributed by atoms with Crippen molar-refractivity contribution in [3.63, 3.8) is 0 Å². The third-order valence-corrected chi connectivity index (χ3v) is 5.40. The smallest absolute Gasteiger partial charge is 0.134 e.